The van der Waals surface area contributed by atoms with Crippen LogP contribution in [0.4, 0.5) is 0 Å². The minimum atomic E-state index is -4.32. The molecule has 0 aliphatic heterocycles. The molecule has 5 rings (SSSR count). The van der Waals surface area contributed by atoms with Gasteiger partial charge in [0.1, 0.15) is 0 Å². The number of carbonyl (C=O) groups excluding carboxylic acids is 2. The normalized spacial score (nSPS) is 11.5. The van der Waals surface area contributed by atoms with Gasteiger partial charge < -0.3 is 13.7 Å². The number of ether oxygens (including phenoxy) is 1. The zero-order valence-electron chi connectivity index (χ0n) is 21.2. The lowest BCUT2D eigenvalue weighted by Gasteiger charge is -2.07. The number of aromatic nitrogens is 3. The van der Waals surface area contributed by atoms with E-state index in [2.05, 4.69) is 10.3 Å². The first kappa shape index (κ1) is 25.9. The Balaban J connectivity index is 1.74. The van der Waals surface area contributed by atoms with E-state index in [1.165, 1.54) is 29.1 Å². The van der Waals surface area contributed by atoms with E-state index in [1.54, 1.807) is 50.2 Å². The Morgan fingerprint density at radius 2 is 1.67 bits per heavy atom. The predicted molar refractivity (Wildman–Crippen MR) is 139 cm³/mol. The number of benzene rings is 2. The third-order valence-electron chi connectivity index (χ3n) is 6.02. The largest absolute Gasteiger partial charge is 0.461 e. The number of nitrogens with zero attached hydrogens (tertiary/aromatic N) is 3. The lowest BCUT2D eigenvalue weighted by atomic mass is 10.0. The summed E-state index contributed by atoms with van der Waals surface area (Å²) in [7, 11) is -4.32. The highest BCUT2D eigenvalue weighted by Gasteiger charge is 2.38. The minimum absolute atomic E-state index is 0.0448. The first-order chi connectivity index (χ1) is 18.7. The van der Waals surface area contributed by atoms with Crippen LogP contribution in [0.1, 0.15) is 44.7 Å². The Kier molecular flexibility index (Phi) is 6.75. The zero-order chi connectivity index (χ0) is 27.7. The van der Waals surface area contributed by atoms with Crippen molar-refractivity contribution in [2.24, 2.45) is 0 Å². The monoisotopic (exact) mass is 545 g/mol. The molecule has 0 amide bonds. The van der Waals surface area contributed by atoms with E-state index in [4.69, 9.17) is 13.7 Å². The summed E-state index contributed by atoms with van der Waals surface area (Å²) in [5.41, 5.74) is 0.953. The lowest BCUT2D eigenvalue weighted by molar-refractivity contribution is 0.0516. The molecule has 39 heavy (non-hydrogen) atoms. The molecule has 3 aromatic heterocycles. The topological polar surface area (TPSA) is 134 Å². The Labute approximate surface area is 223 Å². The van der Waals surface area contributed by atoms with Gasteiger partial charge in [-0.1, -0.05) is 41.1 Å². The molecule has 0 saturated heterocycles. The fraction of sp³-hybridized carbons (Fsp3) is 0.143. The summed E-state index contributed by atoms with van der Waals surface area (Å²) in [6, 6.07) is 17.9. The van der Waals surface area contributed by atoms with Crippen LogP contribution in [0.2, 0.25) is 0 Å². The molecule has 2 aromatic carbocycles. The van der Waals surface area contributed by atoms with Crippen molar-refractivity contribution < 1.29 is 31.7 Å². The second-order valence-corrected chi connectivity index (χ2v) is 10.5. The Morgan fingerprint density at radius 1 is 0.949 bits per heavy atom. The van der Waals surface area contributed by atoms with E-state index in [-0.39, 0.29) is 40.0 Å². The highest BCUT2D eigenvalue weighted by Crippen LogP contribution is 2.36. The molecule has 0 saturated carbocycles. The van der Waals surface area contributed by atoms with E-state index in [9.17, 15) is 18.0 Å². The van der Waals surface area contributed by atoms with Crippen molar-refractivity contribution in [2.45, 2.75) is 30.6 Å². The molecular weight excluding hydrogens is 522 g/mol. The summed E-state index contributed by atoms with van der Waals surface area (Å²) in [5.74, 6) is -1.88. The van der Waals surface area contributed by atoms with Crippen molar-refractivity contribution in [3.05, 3.63) is 101 Å². The molecular formula is C28H23N3O7S. The van der Waals surface area contributed by atoms with Crippen molar-refractivity contribution in [1.82, 2.24) is 14.9 Å². The fourth-order valence-corrected chi connectivity index (χ4v) is 5.65. The van der Waals surface area contributed by atoms with Gasteiger partial charge >= 0.3 is 5.97 Å². The van der Waals surface area contributed by atoms with E-state index in [1.807, 2.05) is 19.1 Å². The molecule has 0 N–H and O–H groups in total. The Morgan fingerprint density at radius 3 is 2.31 bits per heavy atom. The van der Waals surface area contributed by atoms with E-state index >= 15 is 0 Å². The number of aryl methyl sites for hydroxylation is 1. The molecule has 0 aliphatic rings. The van der Waals surface area contributed by atoms with Gasteiger partial charge in [-0.2, -0.15) is 5.10 Å². The fourth-order valence-electron chi connectivity index (χ4n) is 4.13. The number of carbonyl (C=O) groups is 2. The molecule has 0 unspecified atom stereocenters. The van der Waals surface area contributed by atoms with Gasteiger partial charge in [0.2, 0.25) is 21.4 Å². The molecule has 0 spiro atoms. The number of hydrogen-bond donors (Lipinski definition) is 0. The molecule has 0 fully saturated rings. The van der Waals surface area contributed by atoms with E-state index in [0.717, 1.165) is 5.56 Å². The highest BCUT2D eigenvalue weighted by atomic mass is 32.2. The van der Waals surface area contributed by atoms with Crippen LogP contribution < -0.4 is 0 Å². The predicted octanol–water partition coefficient (Wildman–Crippen LogP) is 4.98. The van der Waals surface area contributed by atoms with Gasteiger partial charge in [0.15, 0.2) is 22.0 Å². The van der Waals surface area contributed by atoms with Crippen molar-refractivity contribution in [3.8, 4) is 17.2 Å². The first-order valence-corrected chi connectivity index (χ1v) is 13.4. The number of hydrogen-bond acceptors (Lipinski definition) is 9. The van der Waals surface area contributed by atoms with Crippen LogP contribution in [0.3, 0.4) is 0 Å². The molecule has 3 heterocycles. The number of furan rings is 1. The number of ketones is 1. The van der Waals surface area contributed by atoms with E-state index < -0.39 is 32.2 Å². The Hall–Kier alpha value is -4.77. The van der Waals surface area contributed by atoms with Gasteiger partial charge in [0, 0.05) is 0 Å². The van der Waals surface area contributed by atoms with Crippen molar-refractivity contribution in [1.29, 1.82) is 0 Å². The molecule has 5 aromatic rings. The van der Waals surface area contributed by atoms with Gasteiger partial charge in [-0.15, -0.1) is 0 Å². The molecule has 0 bridgehead atoms. The van der Waals surface area contributed by atoms with Crippen LogP contribution in [-0.4, -0.2) is 41.7 Å². The summed E-state index contributed by atoms with van der Waals surface area (Å²) < 4.78 is 45.0. The molecule has 0 atom stereocenters. The van der Waals surface area contributed by atoms with Gasteiger partial charge in [0.05, 0.1) is 34.7 Å². The summed E-state index contributed by atoms with van der Waals surface area (Å²) in [6.07, 6.45) is 1.34. The number of rotatable bonds is 8. The van der Waals surface area contributed by atoms with Gasteiger partial charge in [-0.05, 0) is 57.2 Å². The quantitative estimate of drug-likeness (QED) is 0.195. The zero-order valence-corrected chi connectivity index (χ0v) is 22.1. The maximum Gasteiger partial charge on any atom is 0.359 e. The maximum absolute atomic E-state index is 14.1. The number of esters is 1. The summed E-state index contributed by atoms with van der Waals surface area (Å²) >= 11 is 0. The summed E-state index contributed by atoms with van der Waals surface area (Å²) in [5, 5.41) is 8.24. The van der Waals surface area contributed by atoms with Crippen molar-refractivity contribution in [2.75, 3.05) is 6.61 Å². The van der Waals surface area contributed by atoms with Crippen LogP contribution in [0.15, 0.2) is 91.7 Å². The smallest absolute Gasteiger partial charge is 0.359 e. The summed E-state index contributed by atoms with van der Waals surface area (Å²) in [4.78, 5) is 26.5. The summed E-state index contributed by atoms with van der Waals surface area (Å²) in [6.45, 7) is 5.19. The van der Waals surface area contributed by atoms with Crippen molar-refractivity contribution in [3.63, 3.8) is 0 Å². The highest BCUT2D eigenvalue weighted by molar-refractivity contribution is 7.91. The maximum atomic E-state index is 14.1. The second kappa shape index (κ2) is 10.2. The molecule has 11 heteroatoms. The first-order valence-electron chi connectivity index (χ1n) is 12.0. The average molecular weight is 546 g/mol. The van der Waals surface area contributed by atoms with Crippen LogP contribution in [0.25, 0.3) is 17.2 Å². The third-order valence-corrected chi connectivity index (χ3v) is 7.83. The molecule has 0 radical (unpaired) electrons. The van der Waals surface area contributed by atoms with Gasteiger partial charge in [0.25, 0.3) is 0 Å². The third kappa shape index (κ3) is 4.57. The molecule has 10 nitrogen and oxygen atoms in total. The average Bonchev–Trinajstić information content (AvgIpc) is 3.68. The van der Waals surface area contributed by atoms with Crippen LogP contribution in [-0.2, 0) is 14.6 Å². The van der Waals surface area contributed by atoms with E-state index in [0.29, 0.717) is 5.69 Å². The lowest BCUT2D eigenvalue weighted by Crippen LogP contribution is -2.15. The molecule has 0 aliphatic carbocycles. The molecule has 198 valence electrons. The van der Waals surface area contributed by atoms with Crippen LogP contribution in [0.5, 0.6) is 0 Å². The second-order valence-electron chi connectivity index (χ2n) is 8.59. The van der Waals surface area contributed by atoms with Gasteiger partial charge in [-0.3, -0.25) is 4.79 Å². The Bertz CT molecular complexity index is 1770. The van der Waals surface area contributed by atoms with Crippen molar-refractivity contribution >= 4 is 21.6 Å². The number of sulfone groups is 1. The van der Waals surface area contributed by atoms with Crippen LogP contribution >= 0.6 is 0 Å². The SMILES string of the molecule is CCOC(=O)c1nn(-c2ccc(C)cc2)c(C)c1C(=O)c1noc(-c2ccco2)c1S(=O)(=O)c1ccccc1. The van der Waals surface area contributed by atoms with Gasteiger partial charge in [-0.25, -0.2) is 17.9 Å². The van der Waals surface area contributed by atoms with Crippen LogP contribution in [0, 0.1) is 13.8 Å². The standard InChI is InChI=1S/C28H23N3O7S/c1-4-36-28(33)23-22(18(3)31(29-23)19-14-12-17(2)13-15-19)25(32)24-27(26(38-30-24)21-11-8-16-37-21)39(34,35)20-9-6-5-7-10-20/h5-16H,4H2,1-3H3. The minimum Gasteiger partial charge on any atom is -0.461 e.